The van der Waals surface area contributed by atoms with Crippen LogP contribution in [0, 0.1) is 0 Å². The Labute approximate surface area is 136 Å². The van der Waals surface area contributed by atoms with E-state index in [1.165, 1.54) is 11.1 Å². The molecule has 2 N–H and O–H groups in total. The SMILES string of the molecule is O=C(NNCc1ccc(-c2ccccc2)cc1)c1ccccc1. The number of hydrazine groups is 1. The second-order valence-corrected chi connectivity index (χ2v) is 5.24. The van der Waals surface area contributed by atoms with Gasteiger partial charge >= 0.3 is 0 Å². The zero-order valence-corrected chi connectivity index (χ0v) is 12.7. The van der Waals surface area contributed by atoms with Gasteiger partial charge in [-0.3, -0.25) is 10.2 Å². The van der Waals surface area contributed by atoms with Crippen LogP contribution in [0.1, 0.15) is 15.9 Å². The molecular formula is C20H18N2O. The summed E-state index contributed by atoms with van der Waals surface area (Å²) in [4.78, 5) is 11.9. The molecule has 23 heavy (non-hydrogen) atoms. The van der Waals surface area contributed by atoms with Gasteiger partial charge in [-0.1, -0.05) is 72.8 Å². The molecule has 3 aromatic rings. The predicted molar refractivity (Wildman–Crippen MR) is 92.6 cm³/mol. The van der Waals surface area contributed by atoms with Crippen molar-refractivity contribution in [3.63, 3.8) is 0 Å². The van der Waals surface area contributed by atoms with Gasteiger partial charge in [0, 0.05) is 12.1 Å². The fourth-order valence-electron chi connectivity index (χ4n) is 2.33. The van der Waals surface area contributed by atoms with Gasteiger partial charge in [-0.25, -0.2) is 5.43 Å². The third-order valence-corrected chi connectivity index (χ3v) is 3.59. The summed E-state index contributed by atoms with van der Waals surface area (Å²) >= 11 is 0. The van der Waals surface area contributed by atoms with Crippen LogP contribution in [0.5, 0.6) is 0 Å². The second-order valence-electron chi connectivity index (χ2n) is 5.24. The largest absolute Gasteiger partial charge is 0.287 e. The Balaban J connectivity index is 1.54. The van der Waals surface area contributed by atoms with Crippen molar-refractivity contribution in [2.45, 2.75) is 6.54 Å². The summed E-state index contributed by atoms with van der Waals surface area (Å²) in [6.45, 7) is 0.577. The average Bonchev–Trinajstić information content (AvgIpc) is 2.64. The molecule has 0 aliphatic rings. The van der Waals surface area contributed by atoms with E-state index in [1.807, 2.05) is 36.4 Å². The van der Waals surface area contributed by atoms with Crippen LogP contribution in [0.25, 0.3) is 11.1 Å². The quantitative estimate of drug-likeness (QED) is 0.704. The van der Waals surface area contributed by atoms with Crippen LogP contribution in [0.4, 0.5) is 0 Å². The van der Waals surface area contributed by atoms with E-state index in [1.54, 1.807) is 12.1 Å². The van der Waals surface area contributed by atoms with E-state index in [0.29, 0.717) is 12.1 Å². The zero-order valence-electron chi connectivity index (χ0n) is 12.7. The van der Waals surface area contributed by atoms with E-state index in [9.17, 15) is 4.79 Å². The van der Waals surface area contributed by atoms with Gasteiger partial charge in [-0.2, -0.15) is 0 Å². The van der Waals surface area contributed by atoms with Crippen molar-refractivity contribution in [1.82, 2.24) is 10.9 Å². The molecule has 114 valence electrons. The Bertz CT molecular complexity index is 753. The van der Waals surface area contributed by atoms with Gasteiger partial charge in [0.15, 0.2) is 0 Å². The summed E-state index contributed by atoms with van der Waals surface area (Å²) in [7, 11) is 0. The number of nitrogens with one attached hydrogen (secondary N) is 2. The maximum Gasteiger partial charge on any atom is 0.265 e. The van der Waals surface area contributed by atoms with Crippen LogP contribution in [0.15, 0.2) is 84.9 Å². The van der Waals surface area contributed by atoms with Gasteiger partial charge in [0.1, 0.15) is 0 Å². The number of amides is 1. The molecule has 0 fully saturated rings. The summed E-state index contributed by atoms with van der Waals surface area (Å²) in [5.41, 5.74) is 9.79. The van der Waals surface area contributed by atoms with Crippen LogP contribution < -0.4 is 10.9 Å². The van der Waals surface area contributed by atoms with Gasteiger partial charge < -0.3 is 0 Å². The van der Waals surface area contributed by atoms with Gasteiger partial charge in [0.05, 0.1) is 0 Å². The summed E-state index contributed by atoms with van der Waals surface area (Å²) in [5.74, 6) is -0.133. The van der Waals surface area contributed by atoms with Crippen molar-refractivity contribution in [2.75, 3.05) is 0 Å². The smallest absolute Gasteiger partial charge is 0.265 e. The van der Waals surface area contributed by atoms with Crippen LogP contribution in [0.2, 0.25) is 0 Å². The highest BCUT2D eigenvalue weighted by Crippen LogP contribution is 2.19. The Morgan fingerprint density at radius 1 is 0.696 bits per heavy atom. The highest BCUT2D eigenvalue weighted by Gasteiger charge is 2.03. The summed E-state index contributed by atoms with van der Waals surface area (Å²) in [6, 6.07) is 27.7. The first kappa shape index (κ1) is 15.0. The minimum Gasteiger partial charge on any atom is -0.287 e. The Hall–Kier alpha value is -2.91. The Morgan fingerprint density at radius 2 is 1.26 bits per heavy atom. The maximum absolute atomic E-state index is 11.9. The van der Waals surface area contributed by atoms with E-state index < -0.39 is 0 Å². The lowest BCUT2D eigenvalue weighted by atomic mass is 10.0. The summed E-state index contributed by atoms with van der Waals surface area (Å²) in [6.07, 6.45) is 0. The van der Waals surface area contributed by atoms with Crippen LogP contribution in [-0.4, -0.2) is 5.91 Å². The molecule has 0 spiro atoms. The first-order chi connectivity index (χ1) is 11.3. The minimum atomic E-state index is -0.133. The van der Waals surface area contributed by atoms with Gasteiger partial charge in [0.25, 0.3) is 5.91 Å². The van der Waals surface area contributed by atoms with Crippen molar-refractivity contribution in [3.8, 4) is 11.1 Å². The lowest BCUT2D eigenvalue weighted by Gasteiger charge is -2.08. The summed E-state index contributed by atoms with van der Waals surface area (Å²) in [5, 5.41) is 0. The van der Waals surface area contributed by atoms with E-state index in [0.717, 1.165) is 5.56 Å². The fraction of sp³-hybridized carbons (Fsp3) is 0.0500. The first-order valence-electron chi connectivity index (χ1n) is 7.55. The van der Waals surface area contributed by atoms with E-state index in [2.05, 4.69) is 47.2 Å². The van der Waals surface area contributed by atoms with E-state index >= 15 is 0 Å². The third kappa shape index (κ3) is 4.05. The number of carbonyl (C=O) groups excluding carboxylic acids is 1. The van der Waals surface area contributed by atoms with Crippen molar-refractivity contribution in [3.05, 3.63) is 96.1 Å². The van der Waals surface area contributed by atoms with Gasteiger partial charge in [0.2, 0.25) is 0 Å². The van der Waals surface area contributed by atoms with Crippen molar-refractivity contribution >= 4 is 5.91 Å². The standard InChI is InChI=1S/C20H18N2O/c23-20(19-9-5-2-6-10-19)22-21-15-16-11-13-18(14-12-16)17-7-3-1-4-8-17/h1-14,21H,15H2,(H,22,23). The molecule has 1 amide bonds. The van der Waals surface area contributed by atoms with E-state index in [4.69, 9.17) is 0 Å². The number of hydrogen-bond acceptors (Lipinski definition) is 2. The predicted octanol–water partition coefficient (Wildman–Crippen LogP) is 3.79. The highest BCUT2D eigenvalue weighted by atomic mass is 16.2. The van der Waals surface area contributed by atoms with Gasteiger partial charge in [-0.15, -0.1) is 0 Å². The third-order valence-electron chi connectivity index (χ3n) is 3.59. The molecule has 0 bridgehead atoms. The highest BCUT2D eigenvalue weighted by molar-refractivity contribution is 5.93. The molecule has 0 aromatic heterocycles. The molecule has 3 aromatic carbocycles. The number of rotatable bonds is 5. The molecule has 0 saturated carbocycles. The topological polar surface area (TPSA) is 41.1 Å². The molecule has 0 aliphatic carbocycles. The molecule has 3 rings (SSSR count). The molecule has 0 saturated heterocycles. The fourth-order valence-corrected chi connectivity index (χ4v) is 2.33. The molecule has 0 unspecified atom stereocenters. The molecule has 0 heterocycles. The number of benzene rings is 3. The molecular weight excluding hydrogens is 284 g/mol. The van der Waals surface area contributed by atoms with E-state index in [-0.39, 0.29) is 5.91 Å². The summed E-state index contributed by atoms with van der Waals surface area (Å²) < 4.78 is 0. The Kier molecular flexibility index (Phi) is 4.82. The lowest BCUT2D eigenvalue weighted by Crippen LogP contribution is -2.36. The Morgan fingerprint density at radius 3 is 1.91 bits per heavy atom. The number of carbonyl (C=O) groups is 1. The second kappa shape index (κ2) is 7.38. The van der Waals surface area contributed by atoms with Crippen LogP contribution in [0.3, 0.4) is 0 Å². The molecule has 0 aliphatic heterocycles. The average molecular weight is 302 g/mol. The lowest BCUT2D eigenvalue weighted by molar-refractivity contribution is 0.0932. The zero-order chi connectivity index (χ0) is 15.9. The van der Waals surface area contributed by atoms with Crippen LogP contribution >= 0.6 is 0 Å². The maximum atomic E-state index is 11.9. The van der Waals surface area contributed by atoms with Crippen LogP contribution in [-0.2, 0) is 6.54 Å². The van der Waals surface area contributed by atoms with Gasteiger partial charge in [-0.05, 0) is 28.8 Å². The van der Waals surface area contributed by atoms with Crippen molar-refractivity contribution in [1.29, 1.82) is 0 Å². The normalized spacial score (nSPS) is 10.3. The number of hydrogen-bond donors (Lipinski definition) is 2. The monoisotopic (exact) mass is 302 g/mol. The molecule has 3 heteroatoms. The minimum absolute atomic E-state index is 0.133. The molecule has 3 nitrogen and oxygen atoms in total. The van der Waals surface area contributed by atoms with Crippen molar-refractivity contribution in [2.24, 2.45) is 0 Å². The van der Waals surface area contributed by atoms with Crippen molar-refractivity contribution < 1.29 is 4.79 Å². The molecule has 0 atom stereocenters. The first-order valence-corrected chi connectivity index (χ1v) is 7.55. The molecule has 0 radical (unpaired) electrons.